The quantitative estimate of drug-likeness (QED) is 0.809. The highest BCUT2D eigenvalue weighted by Crippen LogP contribution is 2.16. The van der Waals surface area contributed by atoms with Crippen molar-refractivity contribution in [1.82, 2.24) is 4.98 Å². The molecule has 1 aromatic heterocycles. The van der Waals surface area contributed by atoms with E-state index in [1.54, 1.807) is 33.8 Å². The van der Waals surface area contributed by atoms with Crippen molar-refractivity contribution in [3.63, 3.8) is 0 Å². The second-order valence-corrected chi connectivity index (χ2v) is 4.61. The van der Waals surface area contributed by atoms with Crippen LogP contribution in [-0.2, 0) is 4.74 Å². The first-order valence-electron chi connectivity index (χ1n) is 5.18. The first-order chi connectivity index (χ1) is 7.81. The highest BCUT2D eigenvalue weighted by molar-refractivity contribution is 5.86. The largest absolute Gasteiger partial charge is 0.444 e. The summed E-state index contributed by atoms with van der Waals surface area (Å²) in [7, 11) is 0. The number of aryl methyl sites for hydroxylation is 1. The van der Waals surface area contributed by atoms with Gasteiger partial charge in [-0.3, -0.25) is 10.3 Å². The molecule has 17 heavy (non-hydrogen) atoms. The lowest BCUT2D eigenvalue weighted by Crippen LogP contribution is -2.27. The summed E-state index contributed by atoms with van der Waals surface area (Å²) in [6.45, 7) is 7.10. The summed E-state index contributed by atoms with van der Waals surface area (Å²) < 4.78 is 5.10. The average Bonchev–Trinajstić information content (AvgIpc) is 2.14. The normalized spacial score (nSPS) is 10.5. The van der Waals surface area contributed by atoms with E-state index in [4.69, 9.17) is 10.00 Å². The standard InChI is InChI=1S/C12H15N3O2/c1-8-5-10(9(6-13)7-14-8)15-11(16)17-12(2,3)4/h5,7H,1-4H3,(H,14,15,16). The van der Waals surface area contributed by atoms with Crippen LogP contribution in [0.2, 0.25) is 0 Å². The molecule has 1 amide bonds. The van der Waals surface area contributed by atoms with Gasteiger partial charge in [-0.25, -0.2) is 4.79 Å². The number of carbonyl (C=O) groups excluding carboxylic acids is 1. The molecular weight excluding hydrogens is 218 g/mol. The Hall–Kier alpha value is -2.09. The number of rotatable bonds is 1. The Labute approximate surface area is 100 Å². The lowest BCUT2D eigenvalue weighted by Gasteiger charge is -2.19. The summed E-state index contributed by atoms with van der Waals surface area (Å²) in [6, 6.07) is 3.59. The van der Waals surface area contributed by atoms with Crippen LogP contribution in [0, 0.1) is 18.3 Å². The molecule has 0 saturated heterocycles. The third-order valence-corrected chi connectivity index (χ3v) is 1.80. The molecule has 1 rings (SSSR count). The SMILES string of the molecule is Cc1cc(NC(=O)OC(C)(C)C)c(C#N)cn1. The van der Waals surface area contributed by atoms with Crippen molar-refractivity contribution >= 4 is 11.8 Å². The number of hydrogen-bond acceptors (Lipinski definition) is 4. The van der Waals surface area contributed by atoms with Crippen LogP contribution in [0.15, 0.2) is 12.3 Å². The fraction of sp³-hybridized carbons (Fsp3) is 0.417. The molecule has 1 heterocycles. The molecule has 0 aliphatic carbocycles. The molecule has 0 atom stereocenters. The fourth-order valence-electron chi connectivity index (χ4n) is 1.17. The first-order valence-corrected chi connectivity index (χ1v) is 5.18. The van der Waals surface area contributed by atoms with Crippen LogP contribution in [0.4, 0.5) is 10.5 Å². The predicted molar refractivity (Wildman–Crippen MR) is 63.5 cm³/mol. The van der Waals surface area contributed by atoms with Crippen LogP contribution < -0.4 is 5.32 Å². The van der Waals surface area contributed by atoms with E-state index in [-0.39, 0.29) is 0 Å². The summed E-state index contributed by atoms with van der Waals surface area (Å²) in [5, 5.41) is 11.4. The minimum atomic E-state index is -0.584. The number of hydrogen-bond donors (Lipinski definition) is 1. The summed E-state index contributed by atoms with van der Waals surface area (Å²) in [5.74, 6) is 0. The van der Waals surface area contributed by atoms with Gasteiger partial charge in [0.05, 0.1) is 11.3 Å². The van der Waals surface area contributed by atoms with Gasteiger partial charge in [-0.05, 0) is 33.8 Å². The monoisotopic (exact) mass is 233 g/mol. The molecule has 0 unspecified atom stereocenters. The Morgan fingerprint density at radius 2 is 2.18 bits per heavy atom. The lowest BCUT2D eigenvalue weighted by molar-refractivity contribution is 0.0636. The van der Waals surface area contributed by atoms with Gasteiger partial charge in [0, 0.05) is 11.9 Å². The number of amides is 1. The Bertz CT molecular complexity index is 470. The van der Waals surface area contributed by atoms with Crippen molar-refractivity contribution in [2.24, 2.45) is 0 Å². The molecule has 1 N–H and O–H groups in total. The molecular formula is C12H15N3O2. The third-order valence-electron chi connectivity index (χ3n) is 1.80. The minimum absolute atomic E-state index is 0.307. The number of anilines is 1. The smallest absolute Gasteiger partial charge is 0.412 e. The highest BCUT2D eigenvalue weighted by Gasteiger charge is 2.17. The Balaban J connectivity index is 2.85. The van der Waals surface area contributed by atoms with Crippen molar-refractivity contribution < 1.29 is 9.53 Å². The zero-order chi connectivity index (χ0) is 13.1. The van der Waals surface area contributed by atoms with Gasteiger partial charge in [-0.1, -0.05) is 0 Å². The van der Waals surface area contributed by atoms with E-state index in [1.807, 2.05) is 6.07 Å². The minimum Gasteiger partial charge on any atom is -0.444 e. The Kier molecular flexibility index (Phi) is 3.69. The van der Waals surface area contributed by atoms with E-state index < -0.39 is 11.7 Å². The predicted octanol–water partition coefficient (Wildman–Crippen LogP) is 2.61. The van der Waals surface area contributed by atoms with Gasteiger partial charge in [0.15, 0.2) is 0 Å². The molecule has 0 bridgehead atoms. The van der Waals surface area contributed by atoms with E-state index in [2.05, 4.69) is 10.3 Å². The molecule has 0 fully saturated rings. The van der Waals surface area contributed by atoms with E-state index in [0.29, 0.717) is 11.3 Å². The number of ether oxygens (including phenoxy) is 1. The van der Waals surface area contributed by atoms with Gasteiger partial charge in [-0.2, -0.15) is 5.26 Å². The zero-order valence-corrected chi connectivity index (χ0v) is 10.4. The summed E-state index contributed by atoms with van der Waals surface area (Å²) in [6.07, 6.45) is 0.835. The molecule has 5 heteroatoms. The lowest BCUT2D eigenvalue weighted by atomic mass is 10.2. The maximum atomic E-state index is 11.5. The van der Waals surface area contributed by atoms with Gasteiger partial charge in [0.1, 0.15) is 11.7 Å². The second kappa shape index (κ2) is 4.83. The number of aromatic nitrogens is 1. The maximum Gasteiger partial charge on any atom is 0.412 e. The van der Waals surface area contributed by atoms with Crippen molar-refractivity contribution in [1.29, 1.82) is 5.26 Å². The molecule has 0 saturated carbocycles. The topological polar surface area (TPSA) is 75.0 Å². The van der Waals surface area contributed by atoms with Crippen LogP contribution in [-0.4, -0.2) is 16.7 Å². The summed E-state index contributed by atoms with van der Waals surface area (Å²) in [4.78, 5) is 15.5. The molecule has 0 aliphatic rings. The van der Waals surface area contributed by atoms with E-state index >= 15 is 0 Å². The van der Waals surface area contributed by atoms with Gasteiger partial charge in [0.2, 0.25) is 0 Å². The van der Waals surface area contributed by atoms with Crippen molar-refractivity contribution in [3.05, 3.63) is 23.5 Å². The number of pyridine rings is 1. The molecule has 5 nitrogen and oxygen atoms in total. The van der Waals surface area contributed by atoms with Gasteiger partial charge >= 0.3 is 6.09 Å². The van der Waals surface area contributed by atoms with Crippen molar-refractivity contribution in [3.8, 4) is 6.07 Å². The van der Waals surface area contributed by atoms with Crippen LogP contribution in [0.25, 0.3) is 0 Å². The van der Waals surface area contributed by atoms with Crippen LogP contribution in [0.1, 0.15) is 32.0 Å². The number of carbonyl (C=O) groups is 1. The number of nitrogens with one attached hydrogen (secondary N) is 1. The third kappa shape index (κ3) is 4.11. The summed E-state index contributed by atoms with van der Waals surface area (Å²) >= 11 is 0. The van der Waals surface area contributed by atoms with Gasteiger partial charge in [-0.15, -0.1) is 0 Å². The molecule has 0 radical (unpaired) electrons. The van der Waals surface area contributed by atoms with Gasteiger partial charge < -0.3 is 4.74 Å². The first kappa shape index (κ1) is 13.0. The molecule has 0 aliphatic heterocycles. The Morgan fingerprint density at radius 1 is 1.53 bits per heavy atom. The van der Waals surface area contributed by atoms with Crippen LogP contribution in [0.5, 0.6) is 0 Å². The Morgan fingerprint density at radius 3 is 2.71 bits per heavy atom. The highest BCUT2D eigenvalue weighted by atomic mass is 16.6. The summed E-state index contributed by atoms with van der Waals surface area (Å²) in [5.41, 5.74) is 0.865. The fourth-order valence-corrected chi connectivity index (χ4v) is 1.17. The molecule has 0 aromatic carbocycles. The van der Waals surface area contributed by atoms with Crippen LogP contribution in [0.3, 0.4) is 0 Å². The molecule has 90 valence electrons. The average molecular weight is 233 g/mol. The maximum absolute atomic E-state index is 11.5. The second-order valence-electron chi connectivity index (χ2n) is 4.61. The van der Waals surface area contributed by atoms with E-state index in [9.17, 15) is 4.79 Å². The van der Waals surface area contributed by atoms with Crippen molar-refractivity contribution in [2.45, 2.75) is 33.3 Å². The van der Waals surface area contributed by atoms with Crippen molar-refractivity contribution in [2.75, 3.05) is 5.32 Å². The van der Waals surface area contributed by atoms with Gasteiger partial charge in [0.25, 0.3) is 0 Å². The number of nitriles is 1. The van der Waals surface area contributed by atoms with E-state index in [1.165, 1.54) is 6.20 Å². The molecule has 0 spiro atoms. The van der Waals surface area contributed by atoms with E-state index in [0.717, 1.165) is 5.69 Å². The number of nitrogens with zero attached hydrogens (tertiary/aromatic N) is 2. The van der Waals surface area contributed by atoms with Crippen LogP contribution >= 0.6 is 0 Å². The molecule has 1 aromatic rings. The zero-order valence-electron chi connectivity index (χ0n) is 10.4.